The molecule has 1 saturated heterocycles. The van der Waals surface area contributed by atoms with Gasteiger partial charge in [-0.1, -0.05) is 0 Å². The normalized spacial score (nSPS) is 35.9. The number of carbonyl (C=O) groups excluding carboxylic acids is 3. The van der Waals surface area contributed by atoms with Crippen LogP contribution in [-0.2, 0) is 23.9 Å². The molecule has 2 rings (SSSR count). The highest BCUT2D eigenvalue weighted by Crippen LogP contribution is 2.53. The van der Waals surface area contributed by atoms with Gasteiger partial charge in [0.05, 0.1) is 0 Å². The van der Waals surface area contributed by atoms with Crippen LogP contribution in [0.25, 0.3) is 0 Å². The molecule has 0 radical (unpaired) electrons. The topological polar surface area (TPSA) is 69.7 Å². The number of hydrogen-bond donors (Lipinski definition) is 0. The lowest BCUT2D eigenvalue weighted by Crippen LogP contribution is -2.48. The van der Waals surface area contributed by atoms with Gasteiger partial charge in [-0.25, -0.2) is 0 Å². The molecule has 0 saturated carbocycles. The maximum Gasteiger partial charge on any atom is 0.324 e. The average Bonchev–Trinajstić information content (AvgIpc) is 2.49. The first-order valence-electron chi connectivity index (χ1n) is 7.10. The molecule has 0 N–H and O–H groups in total. The Bertz CT molecular complexity index is 554. The van der Waals surface area contributed by atoms with E-state index in [-0.39, 0.29) is 12.2 Å². The average molecular weight is 294 g/mol. The Morgan fingerprint density at radius 2 is 1.90 bits per heavy atom. The fraction of sp³-hybridized carbons (Fsp3) is 0.688. The molecular weight excluding hydrogens is 272 g/mol. The van der Waals surface area contributed by atoms with E-state index in [2.05, 4.69) is 0 Å². The number of carbonyl (C=O) groups is 3. The van der Waals surface area contributed by atoms with Crippen molar-refractivity contribution in [3.8, 4) is 0 Å². The van der Waals surface area contributed by atoms with Gasteiger partial charge in [-0.05, 0) is 53.2 Å². The molecular formula is C16H22O5. The lowest BCUT2D eigenvalue weighted by Gasteiger charge is -2.37. The van der Waals surface area contributed by atoms with Crippen LogP contribution >= 0.6 is 0 Å². The predicted octanol–water partition coefficient (Wildman–Crippen LogP) is 2.19. The summed E-state index contributed by atoms with van der Waals surface area (Å²) in [6.45, 7) is 10.2. The summed E-state index contributed by atoms with van der Waals surface area (Å²) in [6.07, 6.45) is 1.60. The number of hydrogen-bond acceptors (Lipinski definition) is 5. The lowest BCUT2D eigenvalue weighted by atomic mass is 9.65. The third-order valence-corrected chi connectivity index (χ3v) is 4.48. The Kier molecular flexibility index (Phi) is 3.31. The fourth-order valence-electron chi connectivity index (χ4n) is 3.07. The molecule has 1 aliphatic carbocycles. The Morgan fingerprint density at radius 3 is 2.43 bits per heavy atom. The zero-order valence-corrected chi connectivity index (χ0v) is 13.4. The Balaban J connectivity index is 2.45. The summed E-state index contributed by atoms with van der Waals surface area (Å²) in [4.78, 5) is 36.8. The molecule has 0 aromatic rings. The van der Waals surface area contributed by atoms with Crippen LogP contribution in [0.15, 0.2) is 11.6 Å². The molecule has 1 fully saturated rings. The van der Waals surface area contributed by atoms with Crippen LogP contribution in [0, 0.1) is 11.3 Å². The standard InChI is InChI=1S/C16H22O5/c1-9-7-10(17)8-11-15(5,12(18)20-14(2,3)4)13(19)21-16(9,11)6/h7,11H,8H2,1-6H3/t11-,15?,16-/m1/s1. The van der Waals surface area contributed by atoms with Crippen molar-refractivity contribution in [3.05, 3.63) is 11.6 Å². The molecule has 1 aliphatic heterocycles. The van der Waals surface area contributed by atoms with Crippen LogP contribution in [0.3, 0.4) is 0 Å². The maximum absolute atomic E-state index is 12.5. The van der Waals surface area contributed by atoms with Crippen molar-refractivity contribution < 1.29 is 23.9 Å². The Labute approximate surface area is 124 Å². The Morgan fingerprint density at radius 1 is 1.33 bits per heavy atom. The predicted molar refractivity (Wildman–Crippen MR) is 75.3 cm³/mol. The third-order valence-electron chi connectivity index (χ3n) is 4.48. The maximum atomic E-state index is 12.5. The van der Waals surface area contributed by atoms with Gasteiger partial charge in [0.2, 0.25) is 0 Å². The van der Waals surface area contributed by atoms with Crippen molar-refractivity contribution in [2.45, 2.75) is 59.2 Å². The summed E-state index contributed by atoms with van der Waals surface area (Å²) in [5, 5.41) is 0. The van der Waals surface area contributed by atoms with E-state index in [1.54, 1.807) is 34.6 Å². The van der Waals surface area contributed by atoms with Crippen molar-refractivity contribution in [2.75, 3.05) is 0 Å². The number of allylic oxidation sites excluding steroid dienone is 1. The second-order valence-corrected chi connectivity index (χ2v) is 7.25. The highest BCUT2D eigenvalue weighted by Gasteiger charge is 2.67. The van der Waals surface area contributed by atoms with E-state index in [1.165, 1.54) is 13.0 Å². The molecule has 0 aromatic carbocycles. The number of fused-ring (bicyclic) bond motifs is 1. The van der Waals surface area contributed by atoms with Gasteiger partial charge in [0.15, 0.2) is 11.2 Å². The van der Waals surface area contributed by atoms with Crippen LogP contribution in [0.5, 0.6) is 0 Å². The Hall–Kier alpha value is -1.65. The molecule has 116 valence electrons. The molecule has 0 bridgehead atoms. The highest BCUT2D eigenvalue weighted by molar-refractivity contribution is 6.04. The van der Waals surface area contributed by atoms with Gasteiger partial charge < -0.3 is 9.47 Å². The van der Waals surface area contributed by atoms with Gasteiger partial charge in [-0.15, -0.1) is 0 Å². The third kappa shape index (κ3) is 2.28. The SMILES string of the molecule is CC1=CC(=O)C[C@@H]2C(C)(C(=O)OC(C)(C)C)C(=O)O[C@]12C. The number of ether oxygens (including phenoxy) is 2. The first-order valence-corrected chi connectivity index (χ1v) is 7.10. The second kappa shape index (κ2) is 4.42. The van der Waals surface area contributed by atoms with E-state index in [0.717, 1.165) is 0 Å². The highest BCUT2D eigenvalue weighted by atomic mass is 16.6. The van der Waals surface area contributed by atoms with Crippen LogP contribution < -0.4 is 0 Å². The van der Waals surface area contributed by atoms with Crippen LogP contribution in [0.4, 0.5) is 0 Å². The summed E-state index contributed by atoms with van der Waals surface area (Å²) >= 11 is 0. The largest absolute Gasteiger partial charge is 0.459 e. The first-order chi connectivity index (χ1) is 9.41. The minimum atomic E-state index is -1.45. The molecule has 0 aromatic heterocycles. The molecule has 3 atom stereocenters. The van der Waals surface area contributed by atoms with E-state index in [9.17, 15) is 14.4 Å². The quantitative estimate of drug-likeness (QED) is 0.547. The van der Waals surface area contributed by atoms with E-state index < -0.39 is 34.5 Å². The zero-order chi connectivity index (χ0) is 16.2. The summed E-state index contributed by atoms with van der Waals surface area (Å²) in [5.41, 5.74) is -2.41. The van der Waals surface area contributed by atoms with Gasteiger partial charge in [-0.3, -0.25) is 14.4 Å². The molecule has 21 heavy (non-hydrogen) atoms. The van der Waals surface area contributed by atoms with Crippen LogP contribution in [0.1, 0.15) is 48.0 Å². The zero-order valence-electron chi connectivity index (χ0n) is 13.4. The van der Waals surface area contributed by atoms with Crippen molar-refractivity contribution in [3.63, 3.8) is 0 Å². The number of rotatable bonds is 1. The minimum absolute atomic E-state index is 0.0944. The molecule has 0 spiro atoms. The van der Waals surface area contributed by atoms with E-state index in [0.29, 0.717) is 5.57 Å². The summed E-state index contributed by atoms with van der Waals surface area (Å²) in [5.74, 6) is -1.88. The van der Waals surface area contributed by atoms with Crippen molar-refractivity contribution in [1.82, 2.24) is 0 Å². The van der Waals surface area contributed by atoms with Crippen molar-refractivity contribution in [1.29, 1.82) is 0 Å². The summed E-state index contributed by atoms with van der Waals surface area (Å²) in [7, 11) is 0. The number of ketones is 1. The first kappa shape index (κ1) is 15.7. The monoisotopic (exact) mass is 294 g/mol. The van der Waals surface area contributed by atoms with Crippen LogP contribution in [-0.4, -0.2) is 28.9 Å². The van der Waals surface area contributed by atoms with Crippen molar-refractivity contribution >= 4 is 17.7 Å². The van der Waals surface area contributed by atoms with Gasteiger partial charge >= 0.3 is 11.9 Å². The minimum Gasteiger partial charge on any atom is -0.459 e. The van der Waals surface area contributed by atoms with E-state index in [4.69, 9.17) is 9.47 Å². The van der Waals surface area contributed by atoms with Crippen molar-refractivity contribution in [2.24, 2.45) is 11.3 Å². The molecule has 1 heterocycles. The summed E-state index contributed by atoms with van der Waals surface area (Å²) in [6, 6.07) is 0. The van der Waals surface area contributed by atoms with Gasteiger partial charge in [0.25, 0.3) is 0 Å². The van der Waals surface area contributed by atoms with Gasteiger partial charge in [-0.2, -0.15) is 0 Å². The molecule has 5 heteroatoms. The van der Waals surface area contributed by atoms with E-state index >= 15 is 0 Å². The smallest absolute Gasteiger partial charge is 0.324 e. The molecule has 2 aliphatic rings. The van der Waals surface area contributed by atoms with Gasteiger partial charge in [0.1, 0.15) is 11.2 Å². The second-order valence-electron chi connectivity index (χ2n) is 7.25. The van der Waals surface area contributed by atoms with E-state index in [1.807, 2.05) is 0 Å². The molecule has 5 nitrogen and oxygen atoms in total. The molecule has 0 amide bonds. The lowest BCUT2D eigenvalue weighted by molar-refractivity contribution is -0.173. The molecule has 1 unspecified atom stereocenters. The fourth-order valence-corrected chi connectivity index (χ4v) is 3.07. The van der Waals surface area contributed by atoms with Gasteiger partial charge in [0, 0.05) is 12.3 Å². The number of esters is 2. The van der Waals surface area contributed by atoms with Crippen LogP contribution in [0.2, 0.25) is 0 Å². The summed E-state index contributed by atoms with van der Waals surface area (Å²) < 4.78 is 10.9.